The van der Waals surface area contributed by atoms with E-state index in [0.29, 0.717) is 31.5 Å². The largest absolute Gasteiger partial charge is 0.342 e. The third-order valence-corrected chi connectivity index (χ3v) is 7.58. The molecule has 0 bridgehead atoms. The number of likely N-dealkylation sites (tertiary alicyclic amines) is 2. The van der Waals surface area contributed by atoms with Crippen molar-refractivity contribution in [3.63, 3.8) is 0 Å². The van der Waals surface area contributed by atoms with Crippen LogP contribution in [-0.4, -0.2) is 47.8 Å². The van der Waals surface area contributed by atoms with E-state index in [1.54, 1.807) is 12.1 Å². The third kappa shape index (κ3) is 4.11. The predicted octanol–water partition coefficient (Wildman–Crippen LogP) is 5.19. The molecule has 2 amide bonds. The van der Waals surface area contributed by atoms with Crippen molar-refractivity contribution in [1.82, 2.24) is 9.80 Å². The molecule has 2 aliphatic rings. The standard InChI is InChI=1S/C29H29FN2O2/c1-31-24(19-21-11-13-23(30)14-12-21)20-29(28(31)34)15-17-32(18-16-29)27(33)26-10-6-5-9-25(26)22-7-3-2-4-8-22/h2-14,24H,15-20H2,1H3/t24-/m1/s1. The maximum Gasteiger partial charge on any atom is 0.254 e. The lowest BCUT2D eigenvalue weighted by molar-refractivity contribution is -0.137. The number of amides is 2. The topological polar surface area (TPSA) is 40.6 Å². The van der Waals surface area contributed by atoms with E-state index in [2.05, 4.69) is 0 Å². The Morgan fingerprint density at radius 2 is 1.59 bits per heavy atom. The molecule has 0 unspecified atom stereocenters. The van der Waals surface area contributed by atoms with E-state index in [4.69, 9.17) is 0 Å². The van der Waals surface area contributed by atoms with Crippen LogP contribution in [0.3, 0.4) is 0 Å². The van der Waals surface area contributed by atoms with Gasteiger partial charge in [-0.15, -0.1) is 0 Å². The quantitative estimate of drug-likeness (QED) is 0.542. The normalized spacial score (nSPS) is 19.6. The van der Waals surface area contributed by atoms with Crippen molar-refractivity contribution < 1.29 is 14.0 Å². The van der Waals surface area contributed by atoms with Crippen LogP contribution in [0.5, 0.6) is 0 Å². The minimum atomic E-state index is -0.408. The van der Waals surface area contributed by atoms with Crippen LogP contribution in [0, 0.1) is 11.2 Å². The summed E-state index contributed by atoms with van der Waals surface area (Å²) in [5, 5.41) is 0. The van der Waals surface area contributed by atoms with Gasteiger partial charge in [-0.3, -0.25) is 9.59 Å². The van der Waals surface area contributed by atoms with Crippen molar-refractivity contribution >= 4 is 11.8 Å². The Hall–Kier alpha value is -3.47. The monoisotopic (exact) mass is 456 g/mol. The van der Waals surface area contributed by atoms with E-state index in [1.807, 2.05) is 71.4 Å². The number of rotatable bonds is 4. The number of benzene rings is 3. The van der Waals surface area contributed by atoms with Crippen LogP contribution in [0.25, 0.3) is 11.1 Å². The molecule has 0 N–H and O–H groups in total. The van der Waals surface area contributed by atoms with Crippen LogP contribution < -0.4 is 0 Å². The number of carbonyl (C=O) groups is 2. The zero-order valence-corrected chi connectivity index (χ0v) is 19.4. The van der Waals surface area contributed by atoms with Gasteiger partial charge in [0.15, 0.2) is 0 Å². The van der Waals surface area contributed by atoms with E-state index < -0.39 is 5.41 Å². The lowest BCUT2D eigenvalue weighted by atomic mass is 9.75. The number of nitrogens with zero attached hydrogens (tertiary/aromatic N) is 2. The molecule has 1 atom stereocenters. The molecular weight excluding hydrogens is 427 g/mol. The first kappa shape index (κ1) is 22.3. The number of likely N-dealkylation sites (N-methyl/N-ethyl adjacent to an activating group) is 1. The molecular formula is C29H29FN2O2. The molecule has 0 aromatic heterocycles. The van der Waals surface area contributed by atoms with Crippen LogP contribution in [0.15, 0.2) is 78.9 Å². The van der Waals surface area contributed by atoms with Gasteiger partial charge >= 0.3 is 0 Å². The van der Waals surface area contributed by atoms with E-state index >= 15 is 0 Å². The summed E-state index contributed by atoms with van der Waals surface area (Å²) in [4.78, 5) is 30.5. The van der Waals surface area contributed by atoms with Crippen LogP contribution in [0.2, 0.25) is 0 Å². The van der Waals surface area contributed by atoms with Gasteiger partial charge in [0, 0.05) is 31.7 Å². The summed E-state index contributed by atoms with van der Waals surface area (Å²) in [5.41, 5.74) is 3.29. The SMILES string of the molecule is CN1C(=O)C2(CCN(C(=O)c3ccccc3-c3ccccc3)CC2)C[C@H]1Cc1ccc(F)cc1. The van der Waals surface area contributed by atoms with Crippen LogP contribution in [-0.2, 0) is 11.2 Å². The van der Waals surface area contributed by atoms with E-state index in [9.17, 15) is 14.0 Å². The Morgan fingerprint density at radius 3 is 2.29 bits per heavy atom. The molecule has 5 rings (SSSR count). The molecule has 3 aromatic rings. The van der Waals surface area contributed by atoms with Crippen LogP contribution in [0.4, 0.5) is 4.39 Å². The highest BCUT2D eigenvalue weighted by atomic mass is 19.1. The third-order valence-electron chi connectivity index (χ3n) is 7.58. The first-order valence-electron chi connectivity index (χ1n) is 11.9. The molecule has 0 aliphatic carbocycles. The molecule has 3 aromatic carbocycles. The Balaban J connectivity index is 1.29. The molecule has 5 heteroatoms. The summed E-state index contributed by atoms with van der Waals surface area (Å²) in [6, 6.07) is 24.3. The van der Waals surface area contributed by atoms with Crippen molar-refractivity contribution in [2.45, 2.75) is 31.7 Å². The van der Waals surface area contributed by atoms with Crippen molar-refractivity contribution in [3.05, 3.63) is 95.8 Å². The average Bonchev–Trinajstić information content (AvgIpc) is 3.10. The molecule has 2 fully saturated rings. The molecule has 34 heavy (non-hydrogen) atoms. The number of carbonyl (C=O) groups excluding carboxylic acids is 2. The minimum absolute atomic E-state index is 0.0240. The second-order valence-corrected chi connectivity index (χ2v) is 9.59. The molecule has 2 aliphatic heterocycles. The molecule has 174 valence electrons. The molecule has 2 saturated heterocycles. The summed E-state index contributed by atoms with van der Waals surface area (Å²) in [6.45, 7) is 1.15. The highest BCUT2D eigenvalue weighted by Crippen LogP contribution is 2.45. The number of hydrogen-bond donors (Lipinski definition) is 0. The van der Waals surface area contributed by atoms with Crippen LogP contribution in [0.1, 0.15) is 35.2 Å². The fourth-order valence-electron chi connectivity index (χ4n) is 5.58. The first-order valence-corrected chi connectivity index (χ1v) is 11.9. The Morgan fingerprint density at radius 1 is 0.941 bits per heavy atom. The second kappa shape index (κ2) is 9.05. The lowest BCUT2D eigenvalue weighted by Gasteiger charge is -2.38. The zero-order chi connectivity index (χ0) is 23.7. The van der Waals surface area contributed by atoms with Gasteiger partial charge in [-0.25, -0.2) is 4.39 Å². The zero-order valence-electron chi connectivity index (χ0n) is 19.4. The summed E-state index contributed by atoms with van der Waals surface area (Å²) in [5.74, 6) is -0.0469. The lowest BCUT2D eigenvalue weighted by Crippen LogP contribution is -2.46. The maximum atomic E-state index is 13.5. The summed E-state index contributed by atoms with van der Waals surface area (Å²) in [6.07, 6.45) is 2.85. The highest BCUT2D eigenvalue weighted by molar-refractivity contribution is 6.01. The summed E-state index contributed by atoms with van der Waals surface area (Å²) in [7, 11) is 1.87. The van der Waals surface area contributed by atoms with Crippen molar-refractivity contribution in [3.8, 4) is 11.1 Å². The Labute approximate surface area is 200 Å². The highest BCUT2D eigenvalue weighted by Gasteiger charge is 2.51. The Bertz CT molecular complexity index is 1180. The molecule has 1 spiro atoms. The number of piperidine rings is 1. The van der Waals surface area contributed by atoms with E-state index in [0.717, 1.165) is 29.5 Å². The average molecular weight is 457 g/mol. The van der Waals surface area contributed by atoms with Gasteiger partial charge in [-0.1, -0.05) is 60.7 Å². The molecule has 2 heterocycles. The predicted molar refractivity (Wildman–Crippen MR) is 131 cm³/mol. The van der Waals surface area contributed by atoms with Gasteiger partial charge in [-0.2, -0.15) is 0 Å². The summed E-state index contributed by atoms with van der Waals surface area (Å²) < 4.78 is 13.3. The van der Waals surface area contributed by atoms with Gasteiger partial charge in [0.1, 0.15) is 5.82 Å². The fraction of sp³-hybridized carbons (Fsp3) is 0.310. The van der Waals surface area contributed by atoms with Gasteiger partial charge in [0.2, 0.25) is 5.91 Å². The van der Waals surface area contributed by atoms with Crippen LogP contribution >= 0.6 is 0 Å². The van der Waals surface area contributed by atoms with Crippen molar-refractivity contribution in [2.24, 2.45) is 5.41 Å². The first-order chi connectivity index (χ1) is 16.5. The maximum absolute atomic E-state index is 13.5. The number of halogens is 1. The minimum Gasteiger partial charge on any atom is -0.342 e. The van der Waals surface area contributed by atoms with E-state index in [1.165, 1.54) is 12.1 Å². The number of hydrogen-bond acceptors (Lipinski definition) is 2. The van der Waals surface area contributed by atoms with E-state index in [-0.39, 0.29) is 23.7 Å². The van der Waals surface area contributed by atoms with Gasteiger partial charge < -0.3 is 9.80 Å². The fourth-order valence-corrected chi connectivity index (χ4v) is 5.58. The second-order valence-electron chi connectivity index (χ2n) is 9.59. The van der Waals surface area contributed by atoms with Gasteiger partial charge in [0.05, 0.1) is 5.41 Å². The molecule has 4 nitrogen and oxygen atoms in total. The van der Waals surface area contributed by atoms with Crippen molar-refractivity contribution in [1.29, 1.82) is 0 Å². The Kier molecular flexibility index (Phi) is 5.94. The smallest absolute Gasteiger partial charge is 0.254 e. The molecule has 0 saturated carbocycles. The van der Waals surface area contributed by atoms with Gasteiger partial charge in [0.25, 0.3) is 5.91 Å². The van der Waals surface area contributed by atoms with Crippen molar-refractivity contribution in [2.75, 3.05) is 20.1 Å². The van der Waals surface area contributed by atoms with Gasteiger partial charge in [-0.05, 0) is 60.6 Å². The summed E-state index contributed by atoms with van der Waals surface area (Å²) >= 11 is 0. The molecule has 0 radical (unpaired) electrons.